The molecule has 1 amide bonds. The number of carbonyl (C=O) groups is 1. The second-order valence-electron chi connectivity index (χ2n) is 3.89. The zero-order chi connectivity index (χ0) is 13.1. The van der Waals surface area contributed by atoms with Crippen molar-refractivity contribution >= 4 is 23.2 Å². The molecular formula is C13H13ClN2O2. The minimum Gasteiger partial charge on any atom is -0.455 e. The number of nitrogens with one attached hydrogen (secondary N) is 1. The predicted molar refractivity (Wildman–Crippen MR) is 70.7 cm³/mol. The van der Waals surface area contributed by atoms with E-state index in [2.05, 4.69) is 5.32 Å². The number of aryl methyl sites for hydroxylation is 1. The van der Waals surface area contributed by atoms with Gasteiger partial charge < -0.3 is 15.5 Å². The zero-order valence-corrected chi connectivity index (χ0v) is 10.6. The Labute approximate surface area is 110 Å². The first-order chi connectivity index (χ1) is 8.60. The van der Waals surface area contributed by atoms with E-state index in [1.165, 1.54) is 0 Å². The van der Waals surface area contributed by atoms with Crippen LogP contribution < -0.4 is 11.1 Å². The van der Waals surface area contributed by atoms with Crippen LogP contribution in [0.2, 0.25) is 5.02 Å². The summed E-state index contributed by atoms with van der Waals surface area (Å²) in [6.07, 6.45) is 0. The van der Waals surface area contributed by atoms with E-state index in [0.717, 1.165) is 5.56 Å². The van der Waals surface area contributed by atoms with Crippen molar-refractivity contribution in [3.63, 3.8) is 0 Å². The Morgan fingerprint density at radius 2 is 2.17 bits per heavy atom. The summed E-state index contributed by atoms with van der Waals surface area (Å²) in [6, 6.07) is 8.59. The zero-order valence-electron chi connectivity index (χ0n) is 9.87. The fraction of sp³-hybridized carbons (Fsp3) is 0.154. The largest absolute Gasteiger partial charge is 0.455 e. The van der Waals surface area contributed by atoms with Crippen LogP contribution in [-0.2, 0) is 6.54 Å². The van der Waals surface area contributed by atoms with E-state index < -0.39 is 0 Å². The first-order valence-electron chi connectivity index (χ1n) is 5.46. The van der Waals surface area contributed by atoms with Gasteiger partial charge in [0.05, 0.1) is 6.54 Å². The minimum atomic E-state index is -0.324. The molecule has 0 aliphatic heterocycles. The molecular weight excluding hydrogens is 252 g/mol. The maximum atomic E-state index is 11.9. The monoisotopic (exact) mass is 264 g/mol. The molecule has 0 saturated carbocycles. The summed E-state index contributed by atoms with van der Waals surface area (Å²) in [5.41, 5.74) is 6.99. The Bertz CT molecular complexity index is 578. The summed E-state index contributed by atoms with van der Waals surface area (Å²) >= 11 is 5.98. The third-order valence-corrected chi connectivity index (χ3v) is 2.92. The predicted octanol–water partition coefficient (Wildman–Crippen LogP) is 2.95. The number of rotatable bonds is 3. The average Bonchev–Trinajstić information content (AvgIpc) is 2.82. The van der Waals surface area contributed by atoms with Crippen molar-refractivity contribution in [3.8, 4) is 0 Å². The van der Waals surface area contributed by atoms with Crippen LogP contribution in [0.25, 0.3) is 0 Å². The van der Waals surface area contributed by atoms with Crippen LogP contribution in [0.5, 0.6) is 0 Å². The number of nitrogens with two attached hydrogens (primary N) is 1. The van der Waals surface area contributed by atoms with Gasteiger partial charge in [0.1, 0.15) is 5.76 Å². The number of halogens is 1. The van der Waals surface area contributed by atoms with Crippen molar-refractivity contribution in [2.24, 2.45) is 5.73 Å². The molecule has 18 heavy (non-hydrogen) atoms. The molecule has 4 nitrogen and oxygen atoms in total. The molecule has 0 saturated heterocycles. The molecule has 5 heteroatoms. The van der Waals surface area contributed by atoms with Gasteiger partial charge >= 0.3 is 0 Å². The second kappa shape index (κ2) is 5.25. The van der Waals surface area contributed by atoms with Gasteiger partial charge in [-0.1, -0.05) is 17.7 Å². The normalized spacial score (nSPS) is 10.4. The van der Waals surface area contributed by atoms with E-state index in [1.54, 1.807) is 24.3 Å². The van der Waals surface area contributed by atoms with Gasteiger partial charge in [-0.2, -0.15) is 0 Å². The number of anilines is 1. The quantitative estimate of drug-likeness (QED) is 0.896. The van der Waals surface area contributed by atoms with Crippen molar-refractivity contribution in [3.05, 3.63) is 52.4 Å². The van der Waals surface area contributed by atoms with Crippen molar-refractivity contribution in [1.82, 2.24) is 0 Å². The number of amides is 1. The Balaban J connectivity index is 2.13. The number of carbonyl (C=O) groups excluding carboxylic acids is 1. The summed E-state index contributed by atoms with van der Waals surface area (Å²) in [5, 5.41) is 3.31. The molecule has 0 atom stereocenters. The Kier molecular flexibility index (Phi) is 3.69. The first kappa shape index (κ1) is 12.7. The standard InChI is InChI=1S/C13H13ClN2O2/c1-8-2-3-9(6-11(8)14)16-13(17)12-5-4-10(7-15)18-12/h2-6H,7,15H2,1H3,(H,16,17). The van der Waals surface area contributed by atoms with Crippen LogP contribution in [0.1, 0.15) is 21.9 Å². The third-order valence-electron chi connectivity index (χ3n) is 2.52. The highest BCUT2D eigenvalue weighted by Gasteiger charge is 2.11. The van der Waals surface area contributed by atoms with Crippen LogP contribution in [0, 0.1) is 6.92 Å². The first-order valence-corrected chi connectivity index (χ1v) is 5.84. The highest BCUT2D eigenvalue weighted by atomic mass is 35.5. The SMILES string of the molecule is Cc1ccc(NC(=O)c2ccc(CN)o2)cc1Cl. The Morgan fingerprint density at radius 1 is 1.39 bits per heavy atom. The lowest BCUT2D eigenvalue weighted by atomic mass is 10.2. The fourth-order valence-corrected chi connectivity index (χ4v) is 1.65. The number of furan rings is 1. The molecule has 0 unspecified atom stereocenters. The van der Waals surface area contributed by atoms with E-state index in [4.69, 9.17) is 21.8 Å². The van der Waals surface area contributed by atoms with Gasteiger partial charge in [-0.25, -0.2) is 0 Å². The van der Waals surface area contributed by atoms with E-state index in [-0.39, 0.29) is 18.2 Å². The molecule has 1 heterocycles. The molecule has 0 radical (unpaired) electrons. The average molecular weight is 265 g/mol. The van der Waals surface area contributed by atoms with Gasteiger partial charge in [-0.05, 0) is 36.8 Å². The van der Waals surface area contributed by atoms with Gasteiger partial charge in [-0.3, -0.25) is 4.79 Å². The van der Waals surface area contributed by atoms with E-state index >= 15 is 0 Å². The molecule has 0 aliphatic carbocycles. The summed E-state index contributed by atoms with van der Waals surface area (Å²) in [7, 11) is 0. The Hall–Kier alpha value is -1.78. The van der Waals surface area contributed by atoms with E-state index in [1.807, 2.05) is 13.0 Å². The molecule has 94 valence electrons. The lowest BCUT2D eigenvalue weighted by Crippen LogP contribution is -2.10. The highest BCUT2D eigenvalue weighted by molar-refractivity contribution is 6.31. The van der Waals surface area contributed by atoms with Crippen LogP contribution >= 0.6 is 11.6 Å². The lowest BCUT2D eigenvalue weighted by molar-refractivity contribution is 0.0995. The molecule has 0 spiro atoms. The smallest absolute Gasteiger partial charge is 0.291 e. The van der Waals surface area contributed by atoms with Gasteiger partial charge in [-0.15, -0.1) is 0 Å². The van der Waals surface area contributed by atoms with Gasteiger partial charge in [0.25, 0.3) is 5.91 Å². The highest BCUT2D eigenvalue weighted by Crippen LogP contribution is 2.20. The van der Waals surface area contributed by atoms with Crippen molar-refractivity contribution < 1.29 is 9.21 Å². The van der Waals surface area contributed by atoms with E-state index in [0.29, 0.717) is 16.5 Å². The van der Waals surface area contributed by atoms with Crippen LogP contribution in [0.4, 0.5) is 5.69 Å². The number of hydrogen-bond acceptors (Lipinski definition) is 3. The maximum absolute atomic E-state index is 11.9. The maximum Gasteiger partial charge on any atom is 0.291 e. The molecule has 3 N–H and O–H groups in total. The molecule has 0 fully saturated rings. The van der Waals surface area contributed by atoms with Gasteiger partial charge in [0, 0.05) is 10.7 Å². The number of hydrogen-bond donors (Lipinski definition) is 2. The third kappa shape index (κ3) is 2.72. The molecule has 0 bridgehead atoms. The van der Waals surface area contributed by atoms with Crippen molar-refractivity contribution in [2.45, 2.75) is 13.5 Å². The fourth-order valence-electron chi connectivity index (χ4n) is 1.47. The Morgan fingerprint density at radius 3 is 2.78 bits per heavy atom. The summed E-state index contributed by atoms with van der Waals surface area (Å²) in [4.78, 5) is 11.9. The summed E-state index contributed by atoms with van der Waals surface area (Å²) in [6.45, 7) is 2.16. The lowest BCUT2D eigenvalue weighted by Gasteiger charge is -2.05. The van der Waals surface area contributed by atoms with Crippen LogP contribution in [0.3, 0.4) is 0 Å². The molecule has 2 rings (SSSR count). The van der Waals surface area contributed by atoms with Gasteiger partial charge in [0.2, 0.25) is 0 Å². The van der Waals surface area contributed by atoms with Crippen LogP contribution in [-0.4, -0.2) is 5.91 Å². The number of benzene rings is 1. The van der Waals surface area contributed by atoms with E-state index in [9.17, 15) is 4.79 Å². The summed E-state index contributed by atoms with van der Waals surface area (Å²) in [5.74, 6) is 0.476. The molecule has 1 aromatic carbocycles. The van der Waals surface area contributed by atoms with Crippen LogP contribution in [0.15, 0.2) is 34.7 Å². The minimum absolute atomic E-state index is 0.229. The van der Waals surface area contributed by atoms with Gasteiger partial charge in [0.15, 0.2) is 5.76 Å². The van der Waals surface area contributed by atoms with Crippen molar-refractivity contribution in [1.29, 1.82) is 0 Å². The summed E-state index contributed by atoms with van der Waals surface area (Å²) < 4.78 is 5.25. The van der Waals surface area contributed by atoms with Crippen molar-refractivity contribution in [2.75, 3.05) is 5.32 Å². The topological polar surface area (TPSA) is 68.3 Å². The molecule has 2 aromatic rings. The molecule has 1 aromatic heterocycles. The second-order valence-corrected chi connectivity index (χ2v) is 4.30. The molecule has 0 aliphatic rings.